The fourth-order valence-corrected chi connectivity index (χ4v) is 4.46. The molecule has 1 aromatic rings. The average molecular weight is 299 g/mol. The van der Waals surface area contributed by atoms with E-state index in [1.807, 2.05) is 30.3 Å². The van der Waals surface area contributed by atoms with Gasteiger partial charge in [-0.25, -0.2) is 0 Å². The number of aliphatic hydroxyl groups excluding tert-OH is 1. The molecule has 116 valence electrons. The Morgan fingerprint density at radius 3 is 2.73 bits per heavy atom. The molecule has 0 aromatic heterocycles. The molecule has 22 heavy (non-hydrogen) atoms. The SMILES string of the molecule is CC1(C)[C@@H]2C=C[C@@]3(CN([C@@H](CO)c4ccccc4)C(=O)[C@@H]13)O2. The fraction of sp³-hybridized carbons (Fsp3) is 0.500. The summed E-state index contributed by atoms with van der Waals surface area (Å²) in [6.07, 6.45) is 4.17. The van der Waals surface area contributed by atoms with Crippen LogP contribution in [-0.2, 0) is 9.53 Å². The van der Waals surface area contributed by atoms with E-state index < -0.39 is 5.60 Å². The lowest BCUT2D eigenvalue weighted by Crippen LogP contribution is -2.41. The zero-order valence-electron chi connectivity index (χ0n) is 12.9. The lowest BCUT2D eigenvalue weighted by Gasteiger charge is -2.32. The smallest absolute Gasteiger partial charge is 0.230 e. The Morgan fingerprint density at radius 1 is 1.36 bits per heavy atom. The monoisotopic (exact) mass is 299 g/mol. The van der Waals surface area contributed by atoms with Gasteiger partial charge in [-0.2, -0.15) is 0 Å². The summed E-state index contributed by atoms with van der Waals surface area (Å²) in [6, 6.07) is 9.42. The van der Waals surface area contributed by atoms with Crippen molar-refractivity contribution in [3.63, 3.8) is 0 Å². The number of likely N-dealkylation sites (tertiary alicyclic amines) is 1. The van der Waals surface area contributed by atoms with Gasteiger partial charge in [0.15, 0.2) is 0 Å². The average Bonchev–Trinajstić information content (AvgIpc) is 3.11. The Kier molecular flexibility index (Phi) is 2.81. The maximum Gasteiger partial charge on any atom is 0.230 e. The van der Waals surface area contributed by atoms with Crippen LogP contribution in [0.4, 0.5) is 0 Å². The number of carbonyl (C=O) groups excluding carboxylic acids is 1. The molecule has 1 N–H and O–H groups in total. The molecule has 3 aliphatic heterocycles. The number of fused-ring (bicyclic) bond motifs is 1. The van der Waals surface area contributed by atoms with Crippen molar-refractivity contribution in [2.45, 2.75) is 31.6 Å². The second-order valence-electron chi connectivity index (χ2n) is 7.18. The third kappa shape index (κ3) is 1.62. The van der Waals surface area contributed by atoms with Crippen LogP contribution < -0.4 is 0 Å². The second-order valence-corrected chi connectivity index (χ2v) is 7.18. The molecule has 1 spiro atoms. The first-order valence-electron chi connectivity index (χ1n) is 7.83. The minimum Gasteiger partial charge on any atom is -0.394 e. The van der Waals surface area contributed by atoms with Crippen LogP contribution in [0.2, 0.25) is 0 Å². The van der Waals surface area contributed by atoms with Crippen molar-refractivity contribution < 1.29 is 14.6 Å². The summed E-state index contributed by atoms with van der Waals surface area (Å²) < 4.78 is 6.18. The van der Waals surface area contributed by atoms with Crippen LogP contribution in [0.15, 0.2) is 42.5 Å². The summed E-state index contributed by atoms with van der Waals surface area (Å²) in [5.74, 6) is -0.0625. The molecule has 1 amide bonds. The number of carbonyl (C=O) groups is 1. The first-order chi connectivity index (χ1) is 10.5. The van der Waals surface area contributed by atoms with E-state index in [0.717, 1.165) is 5.56 Å². The summed E-state index contributed by atoms with van der Waals surface area (Å²) >= 11 is 0. The Balaban J connectivity index is 1.71. The van der Waals surface area contributed by atoms with Gasteiger partial charge in [-0.3, -0.25) is 4.79 Å². The predicted octanol–water partition coefficient (Wildman–Crippen LogP) is 1.91. The van der Waals surface area contributed by atoms with E-state index >= 15 is 0 Å². The minimum atomic E-state index is -0.506. The molecule has 3 aliphatic rings. The molecule has 4 rings (SSSR count). The summed E-state index contributed by atoms with van der Waals surface area (Å²) in [7, 11) is 0. The van der Waals surface area contributed by atoms with Gasteiger partial charge >= 0.3 is 0 Å². The van der Waals surface area contributed by atoms with Gasteiger partial charge in [0.25, 0.3) is 0 Å². The number of hydrogen-bond donors (Lipinski definition) is 1. The largest absolute Gasteiger partial charge is 0.394 e. The summed E-state index contributed by atoms with van der Waals surface area (Å²) in [4.78, 5) is 14.9. The van der Waals surface area contributed by atoms with Gasteiger partial charge in [-0.1, -0.05) is 56.3 Å². The quantitative estimate of drug-likeness (QED) is 0.868. The Bertz CT molecular complexity index is 639. The molecule has 0 radical (unpaired) electrons. The van der Waals surface area contributed by atoms with E-state index in [1.165, 1.54) is 0 Å². The maximum absolute atomic E-state index is 13.1. The van der Waals surface area contributed by atoms with Crippen molar-refractivity contribution in [3.05, 3.63) is 48.0 Å². The molecule has 2 bridgehead atoms. The fourth-order valence-electron chi connectivity index (χ4n) is 4.46. The highest BCUT2D eigenvalue weighted by molar-refractivity contribution is 5.86. The van der Waals surface area contributed by atoms with Crippen molar-refractivity contribution in [3.8, 4) is 0 Å². The van der Waals surface area contributed by atoms with Crippen LogP contribution in [0.1, 0.15) is 25.5 Å². The number of aliphatic hydroxyl groups is 1. The molecule has 3 heterocycles. The van der Waals surface area contributed by atoms with Crippen molar-refractivity contribution in [1.82, 2.24) is 4.90 Å². The van der Waals surface area contributed by atoms with E-state index in [9.17, 15) is 9.90 Å². The van der Waals surface area contributed by atoms with Crippen LogP contribution in [0.5, 0.6) is 0 Å². The molecule has 4 atom stereocenters. The number of hydrogen-bond acceptors (Lipinski definition) is 3. The van der Waals surface area contributed by atoms with E-state index in [1.54, 1.807) is 4.90 Å². The summed E-state index contributed by atoms with van der Waals surface area (Å²) in [6.45, 7) is 4.65. The number of amides is 1. The van der Waals surface area contributed by atoms with Gasteiger partial charge in [0.2, 0.25) is 5.91 Å². The number of rotatable bonds is 3. The molecule has 0 unspecified atom stereocenters. The first-order valence-corrected chi connectivity index (χ1v) is 7.83. The molecule has 0 aliphatic carbocycles. The Hall–Kier alpha value is -1.65. The zero-order valence-corrected chi connectivity index (χ0v) is 12.9. The van der Waals surface area contributed by atoms with Gasteiger partial charge in [0.05, 0.1) is 31.2 Å². The second kappa shape index (κ2) is 4.43. The lowest BCUT2D eigenvalue weighted by atomic mass is 9.68. The van der Waals surface area contributed by atoms with Crippen LogP contribution >= 0.6 is 0 Å². The third-order valence-electron chi connectivity index (χ3n) is 5.55. The van der Waals surface area contributed by atoms with Crippen LogP contribution in [0, 0.1) is 11.3 Å². The van der Waals surface area contributed by atoms with E-state index in [4.69, 9.17) is 4.74 Å². The van der Waals surface area contributed by atoms with E-state index in [2.05, 4.69) is 26.0 Å². The predicted molar refractivity (Wildman–Crippen MR) is 82.0 cm³/mol. The topological polar surface area (TPSA) is 49.8 Å². The molecular formula is C18H21NO3. The standard InChI is InChI=1S/C18H21NO3/c1-17(2)14-8-9-18(22-14)11-19(16(21)15(17)18)13(10-20)12-6-4-3-5-7-12/h3-9,13-15,20H,10-11H2,1-2H3/t13-,14-,15-,18-/m0/s1. The van der Waals surface area contributed by atoms with Crippen molar-refractivity contribution in [2.75, 3.05) is 13.2 Å². The minimum absolute atomic E-state index is 0.0212. The highest BCUT2D eigenvalue weighted by Gasteiger charge is 2.68. The zero-order chi connectivity index (χ0) is 15.5. The normalized spacial score (nSPS) is 36.0. The van der Waals surface area contributed by atoms with Crippen LogP contribution in [-0.4, -0.2) is 40.8 Å². The lowest BCUT2D eigenvalue weighted by molar-refractivity contribution is -0.136. The highest BCUT2D eigenvalue weighted by Crippen LogP contribution is 2.58. The van der Waals surface area contributed by atoms with E-state index in [0.29, 0.717) is 6.54 Å². The molecule has 1 aromatic carbocycles. The van der Waals surface area contributed by atoms with Crippen LogP contribution in [0.3, 0.4) is 0 Å². The van der Waals surface area contributed by atoms with Gasteiger partial charge < -0.3 is 14.7 Å². The Morgan fingerprint density at radius 2 is 2.09 bits per heavy atom. The van der Waals surface area contributed by atoms with Gasteiger partial charge in [-0.05, 0) is 5.56 Å². The number of nitrogens with zero attached hydrogens (tertiary/aromatic N) is 1. The van der Waals surface area contributed by atoms with Gasteiger partial charge in [0.1, 0.15) is 5.60 Å². The van der Waals surface area contributed by atoms with Crippen molar-refractivity contribution in [1.29, 1.82) is 0 Å². The summed E-state index contributed by atoms with van der Waals surface area (Å²) in [5, 5.41) is 9.87. The number of ether oxygens (including phenoxy) is 1. The molecular weight excluding hydrogens is 278 g/mol. The highest BCUT2D eigenvalue weighted by atomic mass is 16.5. The molecule has 0 saturated carbocycles. The van der Waals surface area contributed by atoms with Crippen molar-refractivity contribution in [2.24, 2.45) is 11.3 Å². The Labute approximate surface area is 130 Å². The third-order valence-corrected chi connectivity index (χ3v) is 5.55. The van der Waals surface area contributed by atoms with Crippen molar-refractivity contribution >= 4 is 5.91 Å². The molecule has 2 fully saturated rings. The number of benzene rings is 1. The van der Waals surface area contributed by atoms with Gasteiger partial charge in [-0.15, -0.1) is 0 Å². The maximum atomic E-state index is 13.1. The van der Waals surface area contributed by atoms with Gasteiger partial charge in [0, 0.05) is 5.41 Å². The molecule has 4 nitrogen and oxygen atoms in total. The van der Waals surface area contributed by atoms with E-state index in [-0.39, 0.29) is 36.0 Å². The summed E-state index contributed by atoms with van der Waals surface area (Å²) in [5.41, 5.74) is 0.260. The molecule has 4 heteroatoms. The molecule has 2 saturated heterocycles. The first kappa shape index (κ1) is 14.0. The van der Waals surface area contributed by atoms with Crippen LogP contribution in [0.25, 0.3) is 0 Å².